The minimum Gasteiger partial charge on any atom is -0.469 e. The van der Waals surface area contributed by atoms with Crippen LogP contribution in [0.5, 0.6) is 0 Å². The maximum Gasteiger partial charge on any atom is 0.106 e. The summed E-state index contributed by atoms with van der Waals surface area (Å²) < 4.78 is 5.23. The van der Waals surface area contributed by atoms with Crippen molar-refractivity contribution in [3.63, 3.8) is 0 Å². The summed E-state index contributed by atoms with van der Waals surface area (Å²) >= 11 is 0. The van der Waals surface area contributed by atoms with Crippen LogP contribution in [-0.2, 0) is 6.42 Å². The van der Waals surface area contributed by atoms with Crippen LogP contribution in [0.1, 0.15) is 31.1 Å². The molecule has 0 unspecified atom stereocenters. The minimum atomic E-state index is 0.405. The van der Waals surface area contributed by atoms with E-state index in [1.807, 2.05) is 6.07 Å². The zero-order valence-corrected chi connectivity index (χ0v) is 6.79. The largest absolute Gasteiger partial charge is 0.469 e. The van der Waals surface area contributed by atoms with Gasteiger partial charge < -0.3 is 4.42 Å². The van der Waals surface area contributed by atoms with Gasteiger partial charge in [0.2, 0.25) is 0 Å². The maximum atomic E-state index is 8.38. The quantitative estimate of drug-likeness (QED) is 0.647. The van der Waals surface area contributed by atoms with E-state index >= 15 is 0 Å². The molecule has 0 amide bonds. The molecule has 11 heavy (non-hydrogen) atoms. The molecule has 0 atom stereocenters. The second kappa shape index (κ2) is 3.25. The van der Waals surface area contributed by atoms with Gasteiger partial charge in [-0.25, -0.2) is 0 Å². The predicted molar refractivity (Wildman–Crippen MR) is 42.1 cm³/mol. The van der Waals surface area contributed by atoms with Gasteiger partial charge >= 0.3 is 0 Å². The van der Waals surface area contributed by atoms with Crippen LogP contribution in [0.15, 0.2) is 16.7 Å². The molecule has 1 aromatic heterocycles. The van der Waals surface area contributed by atoms with Crippen molar-refractivity contribution >= 4 is 0 Å². The molecule has 0 bridgehead atoms. The fourth-order valence-electron chi connectivity index (χ4n) is 0.881. The Morgan fingerprint density at radius 3 is 2.82 bits per heavy atom. The first kappa shape index (κ1) is 7.87. The minimum absolute atomic E-state index is 0.405. The highest BCUT2D eigenvalue weighted by molar-refractivity contribution is 5.18. The molecule has 0 aliphatic carbocycles. The predicted octanol–water partition coefficient (Wildman–Crippen LogP) is 2.47. The van der Waals surface area contributed by atoms with Crippen molar-refractivity contribution in [2.75, 3.05) is 0 Å². The Hall–Kier alpha value is -1.23. The second-order valence-corrected chi connectivity index (χ2v) is 2.85. The maximum absolute atomic E-state index is 8.38. The summed E-state index contributed by atoms with van der Waals surface area (Å²) in [4.78, 5) is 0. The van der Waals surface area contributed by atoms with Gasteiger partial charge in [-0.3, -0.25) is 0 Å². The SMILES string of the molecule is CC(C)c1cc(CC#N)co1. The highest BCUT2D eigenvalue weighted by Crippen LogP contribution is 2.17. The number of rotatable bonds is 2. The fraction of sp³-hybridized carbons (Fsp3) is 0.444. The molecular weight excluding hydrogens is 138 g/mol. The van der Waals surface area contributed by atoms with E-state index in [1.165, 1.54) is 0 Å². The Labute approximate surface area is 66.4 Å². The van der Waals surface area contributed by atoms with Crippen molar-refractivity contribution in [1.29, 1.82) is 5.26 Å². The molecule has 1 aromatic rings. The lowest BCUT2D eigenvalue weighted by Gasteiger charge is -1.95. The van der Waals surface area contributed by atoms with Crippen molar-refractivity contribution in [3.8, 4) is 6.07 Å². The Morgan fingerprint density at radius 1 is 1.64 bits per heavy atom. The van der Waals surface area contributed by atoms with Gasteiger partial charge in [0.05, 0.1) is 18.8 Å². The van der Waals surface area contributed by atoms with E-state index in [2.05, 4.69) is 19.9 Å². The molecule has 0 fully saturated rings. The Balaban J connectivity index is 2.75. The third kappa shape index (κ3) is 1.84. The average molecular weight is 149 g/mol. The van der Waals surface area contributed by atoms with Crippen LogP contribution in [0.2, 0.25) is 0 Å². The van der Waals surface area contributed by atoms with E-state index in [9.17, 15) is 0 Å². The molecule has 0 aromatic carbocycles. The molecule has 0 radical (unpaired) electrons. The van der Waals surface area contributed by atoms with Gasteiger partial charge in [0.15, 0.2) is 0 Å². The van der Waals surface area contributed by atoms with E-state index in [0.717, 1.165) is 11.3 Å². The standard InChI is InChI=1S/C9H11NO/c1-7(2)9-5-8(3-4-10)6-11-9/h5-7H,3H2,1-2H3. The smallest absolute Gasteiger partial charge is 0.106 e. The zero-order chi connectivity index (χ0) is 8.27. The topological polar surface area (TPSA) is 36.9 Å². The summed E-state index contributed by atoms with van der Waals surface area (Å²) in [5.74, 6) is 1.36. The van der Waals surface area contributed by atoms with Crippen molar-refractivity contribution in [3.05, 3.63) is 23.7 Å². The first-order chi connectivity index (χ1) is 5.24. The van der Waals surface area contributed by atoms with E-state index in [0.29, 0.717) is 12.3 Å². The molecule has 2 heteroatoms. The molecule has 0 aliphatic heterocycles. The van der Waals surface area contributed by atoms with Gasteiger partial charge in [-0.2, -0.15) is 5.26 Å². The van der Waals surface area contributed by atoms with Crippen LogP contribution in [0.4, 0.5) is 0 Å². The van der Waals surface area contributed by atoms with Crippen LogP contribution in [0, 0.1) is 11.3 Å². The number of nitriles is 1. The third-order valence-electron chi connectivity index (χ3n) is 1.53. The van der Waals surface area contributed by atoms with E-state index in [4.69, 9.17) is 9.68 Å². The van der Waals surface area contributed by atoms with Crippen LogP contribution in [0.25, 0.3) is 0 Å². The van der Waals surface area contributed by atoms with Crippen LogP contribution < -0.4 is 0 Å². The number of hydrogen-bond donors (Lipinski definition) is 0. The zero-order valence-electron chi connectivity index (χ0n) is 6.79. The molecule has 0 saturated carbocycles. The van der Waals surface area contributed by atoms with Crippen molar-refractivity contribution in [1.82, 2.24) is 0 Å². The molecule has 58 valence electrons. The molecule has 0 saturated heterocycles. The van der Waals surface area contributed by atoms with Gasteiger partial charge in [-0.15, -0.1) is 0 Å². The number of furan rings is 1. The first-order valence-corrected chi connectivity index (χ1v) is 3.68. The molecule has 1 heterocycles. The summed E-state index contributed by atoms with van der Waals surface area (Å²) in [7, 11) is 0. The summed E-state index contributed by atoms with van der Waals surface area (Å²) in [5, 5.41) is 8.38. The second-order valence-electron chi connectivity index (χ2n) is 2.85. The van der Waals surface area contributed by atoms with Gasteiger partial charge in [-0.05, 0) is 6.07 Å². The molecule has 2 nitrogen and oxygen atoms in total. The van der Waals surface area contributed by atoms with E-state index in [-0.39, 0.29) is 0 Å². The fourth-order valence-corrected chi connectivity index (χ4v) is 0.881. The Kier molecular flexibility index (Phi) is 2.32. The Bertz CT molecular complexity index is 267. The van der Waals surface area contributed by atoms with Gasteiger partial charge in [0, 0.05) is 11.5 Å². The molecule has 1 rings (SSSR count). The van der Waals surface area contributed by atoms with Crippen LogP contribution in [-0.4, -0.2) is 0 Å². The highest BCUT2D eigenvalue weighted by atomic mass is 16.3. The van der Waals surface area contributed by atoms with E-state index < -0.39 is 0 Å². The van der Waals surface area contributed by atoms with Crippen molar-refractivity contribution < 1.29 is 4.42 Å². The number of nitrogens with zero attached hydrogens (tertiary/aromatic N) is 1. The third-order valence-corrected chi connectivity index (χ3v) is 1.53. The van der Waals surface area contributed by atoms with Gasteiger partial charge in [0.1, 0.15) is 5.76 Å². The lowest BCUT2D eigenvalue weighted by atomic mass is 10.1. The molecular formula is C9H11NO. The van der Waals surface area contributed by atoms with Crippen molar-refractivity contribution in [2.45, 2.75) is 26.2 Å². The van der Waals surface area contributed by atoms with Gasteiger partial charge in [0.25, 0.3) is 0 Å². The lowest BCUT2D eigenvalue weighted by Crippen LogP contribution is -1.81. The molecule has 0 spiro atoms. The lowest BCUT2D eigenvalue weighted by molar-refractivity contribution is 0.486. The summed E-state index contributed by atoms with van der Waals surface area (Å²) in [6.07, 6.45) is 2.09. The normalized spacial score (nSPS) is 10.0. The van der Waals surface area contributed by atoms with Crippen LogP contribution >= 0.6 is 0 Å². The first-order valence-electron chi connectivity index (χ1n) is 3.68. The Morgan fingerprint density at radius 2 is 2.36 bits per heavy atom. The number of hydrogen-bond acceptors (Lipinski definition) is 2. The van der Waals surface area contributed by atoms with Gasteiger partial charge in [-0.1, -0.05) is 13.8 Å². The van der Waals surface area contributed by atoms with E-state index in [1.54, 1.807) is 6.26 Å². The van der Waals surface area contributed by atoms with Crippen molar-refractivity contribution in [2.24, 2.45) is 0 Å². The summed E-state index contributed by atoms with van der Waals surface area (Å²) in [6.45, 7) is 4.13. The summed E-state index contributed by atoms with van der Waals surface area (Å²) in [6, 6.07) is 4.01. The molecule has 0 aliphatic rings. The monoisotopic (exact) mass is 149 g/mol. The molecule has 0 N–H and O–H groups in total. The highest BCUT2D eigenvalue weighted by Gasteiger charge is 2.04. The summed E-state index contributed by atoms with van der Waals surface area (Å²) in [5.41, 5.74) is 0.969. The average Bonchev–Trinajstić information content (AvgIpc) is 2.37. The van der Waals surface area contributed by atoms with Crippen LogP contribution in [0.3, 0.4) is 0 Å².